The normalized spacial score (nSPS) is 8.00. The second-order valence-corrected chi connectivity index (χ2v) is 2.84. The highest BCUT2D eigenvalue weighted by Crippen LogP contribution is 2.05. The minimum absolute atomic E-state index is 0.785. The summed E-state index contributed by atoms with van der Waals surface area (Å²) < 4.78 is 0. The molecular formula is C11H16O2. The molecule has 2 N–H and O–H groups in total. The van der Waals surface area contributed by atoms with E-state index in [1.54, 1.807) is 0 Å². The first-order valence-corrected chi connectivity index (χ1v) is 4.65. The van der Waals surface area contributed by atoms with E-state index in [1.807, 2.05) is 12.2 Å². The Kier molecular flexibility index (Phi) is 9.66. The topological polar surface area (TPSA) is 40.5 Å². The Morgan fingerprint density at radius 1 is 0.615 bits per heavy atom. The summed E-state index contributed by atoms with van der Waals surface area (Å²) in [5, 5.41) is 16.3. The number of aliphatic hydroxyl groups excluding tert-OH is 2. The van der Waals surface area contributed by atoms with Gasteiger partial charge in [0.1, 0.15) is 12.2 Å². The van der Waals surface area contributed by atoms with Gasteiger partial charge in [0, 0.05) is 12.8 Å². The molecule has 0 bridgehead atoms. The molecule has 0 aromatic heterocycles. The standard InChI is InChI=1S/C11H16O2/c12-10-8-6-4-2-1-3-5-7-9-11-13/h12-13H,1-7H2. The average molecular weight is 180 g/mol. The van der Waals surface area contributed by atoms with Gasteiger partial charge in [-0.1, -0.05) is 31.1 Å². The van der Waals surface area contributed by atoms with Crippen molar-refractivity contribution in [2.75, 3.05) is 0 Å². The molecule has 0 heterocycles. The predicted molar refractivity (Wildman–Crippen MR) is 51.7 cm³/mol. The summed E-state index contributed by atoms with van der Waals surface area (Å²) in [6.45, 7) is 0. The Hall–Kier alpha value is -1.28. The van der Waals surface area contributed by atoms with Crippen LogP contribution in [-0.4, -0.2) is 10.2 Å². The van der Waals surface area contributed by atoms with Gasteiger partial charge in [-0.25, -0.2) is 0 Å². The second kappa shape index (κ2) is 10.7. The summed E-state index contributed by atoms with van der Waals surface area (Å²) >= 11 is 0. The monoisotopic (exact) mass is 180 g/mol. The van der Waals surface area contributed by atoms with Crippen molar-refractivity contribution in [3.05, 3.63) is 0 Å². The Labute approximate surface area is 80.0 Å². The van der Waals surface area contributed by atoms with Gasteiger partial charge in [-0.05, 0) is 12.8 Å². The maximum absolute atomic E-state index is 8.17. The third kappa shape index (κ3) is 10.7. The largest absolute Gasteiger partial charge is 0.462 e. The van der Waals surface area contributed by atoms with Crippen molar-refractivity contribution in [2.24, 2.45) is 0 Å². The first-order valence-electron chi connectivity index (χ1n) is 4.65. The fourth-order valence-electron chi connectivity index (χ4n) is 1.07. The van der Waals surface area contributed by atoms with Crippen LogP contribution in [0.2, 0.25) is 0 Å². The van der Waals surface area contributed by atoms with Gasteiger partial charge in [0.2, 0.25) is 0 Å². The zero-order valence-corrected chi connectivity index (χ0v) is 7.84. The molecule has 72 valence electrons. The molecule has 0 saturated carbocycles. The molecule has 0 saturated heterocycles. The molecule has 0 aliphatic heterocycles. The van der Waals surface area contributed by atoms with Gasteiger partial charge in [0.05, 0.1) is 0 Å². The smallest absolute Gasteiger partial charge is 0.107 e. The molecule has 0 aromatic rings. The second-order valence-electron chi connectivity index (χ2n) is 2.84. The molecule has 0 spiro atoms. The quantitative estimate of drug-likeness (QED) is 0.486. The van der Waals surface area contributed by atoms with Gasteiger partial charge in [-0.15, -0.1) is 0 Å². The van der Waals surface area contributed by atoms with E-state index in [0.717, 1.165) is 38.5 Å². The van der Waals surface area contributed by atoms with E-state index >= 15 is 0 Å². The van der Waals surface area contributed by atoms with E-state index in [0.29, 0.717) is 0 Å². The van der Waals surface area contributed by atoms with Gasteiger partial charge in [-0.2, -0.15) is 0 Å². The highest BCUT2D eigenvalue weighted by Gasteiger charge is 1.88. The van der Waals surface area contributed by atoms with Crippen molar-refractivity contribution >= 4 is 0 Å². The number of rotatable bonds is 6. The zero-order valence-electron chi connectivity index (χ0n) is 7.84. The highest BCUT2D eigenvalue weighted by atomic mass is 16.2. The summed E-state index contributed by atoms with van der Waals surface area (Å²) in [6, 6.07) is 0. The van der Waals surface area contributed by atoms with E-state index in [1.165, 1.54) is 6.42 Å². The number of unbranched alkanes of at least 4 members (excludes halogenated alkanes) is 6. The lowest BCUT2D eigenvalue weighted by Gasteiger charge is -1.95. The first-order chi connectivity index (χ1) is 6.41. The molecule has 2 nitrogen and oxygen atoms in total. The van der Waals surface area contributed by atoms with Crippen LogP contribution in [0.1, 0.15) is 44.9 Å². The highest BCUT2D eigenvalue weighted by molar-refractivity contribution is 4.89. The lowest BCUT2D eigenvalue weighted by Crippen LogP contribution is -1.78. The van der Waals surface area contributed by atoms with Crippen molar-refractivity contribution < 1.29 is 10.2 Å². The number of hydrogen-bond donors (Lipinski definition) is 2. The molecule has 0 aliphatic carbocycles. The van der Waals surface area contributed by atoms with Crippen LogP contribution in [0.4, 0.5) is 0 Å². The molecule has 0 rings (SSSR count). The molecule has 0 amide bonds. The lowest BCUT2D eigenvalue weighted by atomic mass is 10.1. The molecule has 0 fully saturated rings. The van der Waals surface area contributed by atoms with Crippen LogP contribution in [0.15, 0.2) is 0 Å². The summed E-state index contributed by atoms with van der Waals surface area (Å²) in [6.07, 6.45) is 10.9. The SMILES string of the molecule is OC#CCCCCCCCC#CO. The average Bonchev–Trinajstić information content (AvgIpc) is 2.16. The molecule has 0 atom stereocenters. The van der Waals surface area contributed by atoms with Gasteiger partial charge in [0.15, 0.2) is 0 Å². The Balaban J connectivity index is 2.96. The molecule has 0 radical (unpaired) electrons. The Morgan fingerprint density at radius 3 is 1.38 bits per heavy atom. The Bertz CT molecular complexity index is 188. The fourth-order valence-corrected chi connectivity index (χ4v) is 1.07. The molecule has 0 aliphatic rings. The van der Waals surface area contributed by atoms with Crippen LogP contribution in [0.3, 0.4) is 0 Å². The van der Waals surface area contributed by atoms with E-state index in [-0.39, 0.29) is 0 Å². The van der Waals surface area contributed by atoms with Crippen molar-refractivity contribution in [2.45, 2.75) is 44.9 Å². The zero-order chi connectivity index (χ0) is 9.78. The van der Waals surface area contributed by atoms with Crippen LogP contribution < -0.4 is 0 Å². The van der Waals surface area contributed by atoms with Gasteiger partial charge >= 0.3 is 0 Å². The minimum atomic E-state index is 0.785. The molecule has 2 heteroatoms. The molecule has 0 aromatic carbocycles. The van der Waals surface area contributed by atoms with Gasteiger partial charge < -0.3 is 10.2 Å². The van der Waals surface area contributed by atoms with Gasteiger partial charge in [-0.3, -0.25) is 0 Å². The summed E-state index contributed by atoms with van der Waals surface area (Å²) in [7, 11) is 0. The predicted octanol–water partition coefficient (Wildman–Crippen LogP) is 2.38. The van der Waals surface area contributed by atoms with Gasteiger partial charge in [0.25, 0.3) is 0 Å². The maximum Gasteiger partial charge on any atom is 0.107 e. The van der Waals surface area contributed by atoms with Crippen molar-refractivity contribution in [3.63, 3.8) is 0 Å². The number of aliphatic hydroxyl groups is 2. The van der Waals surface area contributed by atoms with E-state index in [9.17, 15) is 0 Å². The van der Waals surface area contributed by atoms with Crippen molar-refractivity contribution in [3.8, 4) is 24.1 Å². The summed E-state index contributed by atoms with van der Waals surface area (Å²) in [4.78, 5) is 0. The maximum atomic E-state index is 8.17. The number of hydrogen-bond acceptors (Lipinski definition) is 2. The summed E-state index contributed by atoms with van der Waals surface area (Å²) in [5.74, 6) is 5.22. The van der Waals surface area contributed by atoms with Crippen LogP contribution in [-0.2, 0) is 0 Å². The van der Waals surface area contributed by atoms with Crippen molar-refractivity contribution in [1.29, 1.82) is 0 Å². The van der Waals surface area contributed by atoms with E-state index in [4.69, 9.17) is 10.2 Å². The molecular weight excluding hydrogens is 164 g/mol. The minimum Gasteiger partial charge on any atom is -0.462 e. The van der Waals surface area contributed by atoms with Crippen LogP contribution in [0, 0.1) is 24.1 Å². The van der Waals surface area contributed by atoms with Crippen LogP contribution in [0.5, 0.6) is 0 Å². The third-order valence-electron chi connectivity index (χ3n) is 1.76. The fraction of sp³-hybridized carbons (Fsp3) is 0.636. The van der Waals surface area contributed by atoms with E-state index in [2.05, 4.69) is 11.8 Å². The molecule has 0 unspecified atom stereocenters. The first kappa shape index (κ1) is 11.7. The van der Waals surface area contributed by atoms with Crippen LogP contribution in [0.25, 0.3) is 0 Å². The van der Waals surface area contributed by atoms with Crippen LogP contribution >= 0.6 is 0 Å². The Morgan fingerprint density at radius 2 is 1.00 bits per heavy atom. The third-order valence-corrected chi connectivity index (χ3v) is 1.76. The summed E-state index contributed by atoms with van der Waals surface area (Å²) in [5.41, 5.74) is 0. The van der Waals surface area contributed by atoms with E-state index < -0.39 is 0 Å². The van der Waals surface area contributed by atoms with Crippen molar-refractivity contribution in [1.82, 2.24) is 0 Å². The lowest BCUT2D eigenvalue weighted by molar-refractivity contribution is 0.515. The molecule has 13 heavy (non-hydrogen) atoms.